The van der Waals surface area contributed by atoms with Gasteiger partial charge in [-0.2, -0.15) is 0 Å². The Labute approximate surface area is 162 Å². The lowest BCUT2D eigenvalue weighted by molar-refractivity contribution is 0.390. The van der Waals surface area contributed by atoms with Crippen LogP contribution in [0, 0.1) is 11.8 Å². The third-order valence-electron chi connectivity index (χ3n) is 6.42. The molecule has 1 aromatic rings. The molecule has 3 atom stereocenters. The molecule has 0 aliphatic heterocycles. The molecule has 4 rings (SSSR count). The molecule has 3 saturated carbocycles. The van der Waals surface area contributed by atoms with Gasteiger partial charge in [0.05, 0.1) is 9.79 Å². The van der Waals surface area contributed by atoms with Gasteiger partial charge in [0.25, 0.3) is 0 Å². The Morgan fingerprint density at radius 3 is 1.81 bits per heavy atom. The fourth-order valence-electron chi connectivity index (χ4n) is 4.96. The van der Waals surface area contributed by atoms with Crippen molar-refractivity contribution in [3.63, 3.8) is 0 Å². The Bertz CT molecular complexity index is 875. The predicted molar refractivity (Wildman–Crippen MR) is 103 cm³/mol. The highest BCUT2D eigenvalue weighted by Gasteiger charge is 2.41. The Hall–Kier alpha value is -0.960. The number of sulfonamides is 2. The molecule has 0 unspecified atom stereocenters. The maximum atomic E-state index is 12.7. The van der Waals surface area contributed by atoms with E-state index in [1.165, 1.54) is 30.7 Å². The summed E-state index contributed by atoms with van der Waals surface area (Å²) in [4.78, 5) is 0.244. The molecule has 0 aromatic heterocycles. The minimum atomic E-state index is -3.62. The third kappa shape index (κ3) is 4.23. The number of hydrogen-bond donors (Lipinski definition) is 2. The lowest BCUT2D eigenvalue weighted by atomic mass is 9.96. The zero-order valence-electron chi connectivity index (χ0n) is 15.4. The Balaban J connectivity index is 1.44. The highest BCUT2D eigenvalue weighted by atomic mass is 32.2. The quantitative estimate of drug-likeness (QED) is 0.751. The van der Waals surface area contributed by atoms with Gasteiger partial charge in [-0.05, 0) is 68.2 Å². The fourth-order valence-corrected chi connectivity index (χ4v) is 7.58. The second-order valence-corrected chi connectivity index (χ2v) is 11.8. The summed E-state index contributed by atoms with van der Waals surface area (Å²) < 4.78 is 56.0. The molecular weight excluding hydrogens is 384 g/mol. The van der Waals surface area contributed by atoms with Crippen molar-refractivity contribution in [2.75, 3.05) is 0 Å². The number of benzene rings is 1. The van der Waals surface area contributed by atoms with Gasteiger partial charge in [-0.25, -0.2) is 26.3 Å². The number of rotatable bonds is 6. The van der Waals surface area contributed by atoms with Gasteiger partial charge in [0, 0.05) is 12.1 Å². The smallest absolute Gasteiger partial charge is 0.208 e. The topological polar surface area (TPSA) is 92.3 Å². The predicted octanol–water partition coefficient (Wildman–Crippen LogP) is 2.76. The van der Waals surface area contributed by atoms with Gasteiger partial charge in [-0.15, -0.1) is 0 Å². The maximum Gasteiger partial charge on any atom is 0.240 e. The highest BCUT2D eigenvalue weighted by molar-refractivity contribution is 7.90. The summed E-state index contributed by atoms with van der Waals surface area (Å²) in [5.41, 5.74) is 0. The molecule has 3 aliphatic rings. The summed E-state index contributed by atoms with van der Waals surface area (Å²) in [7, 11) is -7.24. The molecule has 8 heteroatoms. The van der Waals surface area contributed by atoms with E-state index in [1.54, 1.807) is 0 Å². The minimum absolute atomic E-state index is 0.0186. The van der Waals surface area contributed by atoms with Gasteiger partial charge in [-0.1, -0.05) is 25.7 Å². The van der Waals surface area contributed by atoms with Gasteiger partial charge in [0.15, 0.2) is 0 Å². The summed E-state index contributed by atoms with van der Waals surface area (Å²) in [5.74, 6) is 1.10. The van der Waals surface area contributed by atoms with Crippen molar-refractivity contribution in [3.05, 3.63) is 24.3 Å². The number of hydrogen-bond acceptors (Lipinski definition) is 4. The van der Waals surface area contributed by atoms with Crippen LogP contribution < -0.4 is 9.44 Å². The average Bonchev–Trinajstić information content (AvgIpc) is 3.25. The SMILES string of the molecule is O=S(=O)(NC1CCCCC1)c1ccc(S(=O)(=O)N[C@H]2C[C@@H]3CC[C@@H]2C3)cc1. The van der Waals surface area contributed by atoms with Crippen LogP contribution in [0.3, 0.4) is 0 Å². The van der Waals surface area contributed by atoms with Crippen LogP contribution in [-0.4, -0.2) is 28.9 Å². The van der Waals surface area contributed by atoms with E-state index >= 15 is 0 Å². The molecule has 3 aliphatic carbocycles. The average molecular weight is 413 g/mol. The van der Waals surface area contributed by atoms with Crippen LogP contribution in [0.1, 0.15) is 57.8 Å². The van der Waals surface area contributed by atoms with Gasteiger partial charge >= 0.3 is 0 Å². The van der Waals surface area contributed by atoms with Crippen LogP contribution in [0.5, 0.6) is 0 Å². The zero-order valence-corrected chi connectivity index (χ0v) is 17.1. The van der Waals surface area contributed by atoms with E-state index in [0.29, 0.717) is 11.8 Å². The normalized spacial score (nSPS) is 29.3. The van der Waals surface area contributed by atoms with E-state index in [1.807, 2.05) is 0 Å². The van der Waals surface area contributed by atoms with Gasteiger partial charge < -0.3 is 0 Å². The van der Waals surface area contributed by atoms with Gasteiger partial charge in [0.2, 0.25) is 20.0 Å². The molecule has 27 heavy (non-hydrogen) atoms. The standard InChI is InChI=1S/C19H28N2O4S2/c22-26(23,20-16-4-2-1-3-5-16)17-8-10-18(11-9-17)27(24,25)21-19-13-14-6-7-15(19)12-14/h8-11,14-16,19-21H,1-7,12-13H2/t14-,15-,19+/m1/s1. The molecule has 0 heterocycles. The Kier molecular flexibility index (Phi) is 5.35. The van der Waals surface area contributed by atoms with E-state index in [9.17, 15) is 16.8 Å². The van der Waals surface area contributed by atoms with E-state index in [2.05, 4.69) is 9.44 Å². The summed E-state index contributed by atoms with van der Waals surface area (Å²) >= 11 is 0. The van der Waals surface area contributed by atoms with E-state index < -0.39 is 20.0 Å². The lowest BCUT2D eigenvalue weighted by Crippen LogP contribution is -2.38. The molecule has 6 nitrogen and oxygen atoms in total. The summed E-state index contributed by atoms with van der Waals surface area (Å²) in [5, 5.41) is 0. The molecule has 0 spiro atoms. The minimum Gasteiger partial charge on any atom is -0.208 e. The van der Waals surface area contributed by atoms with E-state index in [4.69, 9.17) is 0 Å². The van der Waals surface area contributed by atoms with E-state index in [-0.39, 0.29) is 21.9 Å². The highest BCUT2D eigenvalue weighted by Crippen LogP contribution is 2.44. The summed E-state index contributed by atoms with van der Waals surface area (Å²) in [6.07, 6.45) is 9.31. The van der Waals surface area contributed by atoms with Crippen molar-refractivity contribution in [1.29, 1.82) is 0 Å². The number of nitrogens with one attached hydrogen (secondary N) is 2. The lowest BCUT2D eigenvalue weighted by Gasteiger charge is -2.23. The van der Waals surface area contributed by atoms with Crippen molar-refractivity contribution < 1.29 is 16.8 Å². The van der Waals surface area contributed by atoms with Crippen molar-refractivity contribution in [2.45, 2.75) is 79.7 Å². The first-order valence-corrected chi connectivity index (χ1v) is 12.9. The van der Waals surface area contributed by atoms with Crippen LogP contribution in [0.2, 0.25) is 0 Å². The van der Waals surface area contributed by atoms with Crippen molar-refractivity contribution in [3.8, 4) is 0 Å². The Morgan fingerprint density at radius 1 is 0.704 bits per heavy atom. The molecule has 1 aromatic carbocycles. The van der Waals surface area contributed by atoms with Crippen LogP contribution in [0.15, 0.2) is 34.1 Å². The molecule has 0 amide bonds. The summed E-state index contributed by atoms with van der Waals surface area (Å²) in [6.45, 7) is 0. The van der Waals surface area contributed by atoms with Crippen LogP contribution in [-0.2, 0) is 20.0 Å². The third-order valence-corrected chi connectivity index (χ3v) is 9.46. The van der Waals surface area contributed by atoms with Crippen LogP contribution in [0.25, 0.3) is 0 Å². The summed E-state index contributed by atoms with van der Waals surface area (Å²) in [6, 6.07) is 5.56. The first-order valence-electron chi connectivity index (χ1n) is 9.98. The second kappa shape index (κ2) is 7.46. The molecular formula is C19H28N2O4S2. The van der Waals surface area contributed by atoms with Crippen molar-refractivity contribution in [1.82, 2.24) is 9.44 Å². The molecule has 2 N–H and O–H groups in total. The Morgan fingerprint density at radius 2 is 1.30 bits per heavy atom. The van der Waals surface area contributed by atoms with Crippen molar-refractivity contribution in [2.24, 2.45) is 11.8 Å². The first kappa shape index (κ1) is 19.4. The number of fused-ring (bicyclic) bond motifs is 2. The fraction of sp³-hybridized carbons (Fsp3) is 0.684. The van der Waals surface area contributed by atoms with Crippen molar-refractivity contribution >= 4 is 20.0 Å². The molecule has 0 saturated heterocycles. The molecule has 150 valence electrons. The largest absolute Gasteiger partial charge is 0.240 e. The molecule has 2 bridgehead atoms. The second-order valence-electron chi connectivity index (χ2n) is 8.33. The maximum absolute atomic E-state index is 12.7. The van der Waals surface area contributed by atoms with E-state index in [0.717, 1.165) is 51.4 Å². The van der Waals surface area contributed by atoms with Crippen LogP contribution in [0.4, 0.5) is 0 Å². The molecule has 3 fully saturated rings. The van der Waals surface area contributed by atoms with Gasteiger partial charge in [0.1, 0.15) is 0 Å². The zero-order chi connectivity index (χ0) is 19.1. The molecule has 0 radical (unpaired) electrons. The van der Waals surface area contributed by atoms with Gasteiger partial charge in [-0.3, -0.25) is 0 Å². The van der Waals surface area contributed by atoms with Crippen LogP contribution >= 0.6 is 0 Å². The first-order chi connectivity index (χ1) is 12.8. The monoisotopic (exact) mass is 412 g/mol.